The number of aryl methyl sites for hydroxylation is 1. The van der Waals surface area contributed by atoms with Crippen LogP contribution in [-0.2, 0) is 22.6 Å². The molecule has 0 aliphatic heterocycles. The Kier molecular flexibility index (Phi) is 26.1. The topological polar surface area (TPSA) is 59.4 Å². The number of nitrogens with zero attached hydrogens (tertiary/aromatic N) is 1. The highest BCUT2D eigenvalue weighted by molar-refractivity contribution is 5.85. The molecule has 312 valence electrons. The van der Waals surface area contributed by atoms with E-state index >= 15 is 0 Å². The maximum absolute atomic E-state index is 13.1. The van der Waals surface area contributed by atoms with Crippen LogP contribution in [0.3, 0.4) is 0 Å². The lowest BCUT2D eigenvalue weighted by molar-refractivity contribution is -0.122. The normalized spacial score (nSPS) is 10.3. The molecule has 0 aliphatic carbocycles. The number of ether oxygens (including phenoxy) is 1. The highest BCUT2D eigenvalue weighted by atomic mass is 19.3. The monoisotopic (exact) mass is 784 g/mol. The molecule has 1 heterocycles. The fraction of sp³-hybridized carbons (Fsp3) is 0.412. The van der Waals surface area contributed by atoms with Crippen molar-refractivity contribution in [2.75, 3.05) is 0 Å². The van der Waals surface area contributed by atoms with Gasteiger partial charge < -0.3 is 9.84 Å². The second-order valence-electron chi connectivity index (χ2n) is 15.0. The third-order valence-electron chi connectivity index (χ3n) is 8.30. The van der Waals surface area contributed by atoms with Gasteiger partial charge in [-0.2, -0.15) is 0 Å². The van der Waals surface area contributed by atoms with E-state index in [2.05, 4.69) is 117 Å². The molecular formula is C51H71F2NO3. The predicted molar refractivity (Wildman–Crippen MR) is 243 cm³/mol. The minimum absolute atomic E-state index is 0.0545. The number of rotatable bonds is 9. The molecule has 0 spiro atoms. The quantitative estimate of drug-likeness (QED) is 0.151. The van der Waals surface area contributed by atoms with Crippen molar-refractivity contribution in [3.63, 3.8) is 0 Å². The van der Waals surface area contributed by atoms with Crippen molar-refractivity contribution in [1.29, 1.82) is 0 Å². The minimum Gasteiger partial charge on any atom is -0.483 e. The zero-order chi connectivity index (χ0) is 43.4. The van der Waals surface area contributed by atoms with Crippen LogP contribution in [0.15, 0.2) is 110 Å². The number of allylic oxidation sites excluding steroid dienone is 1. The number of alkyl halides is 2. The van der Waals surface area contributed by atoms with Gasteiger partial charge >= 0.3 is 0 Å². The number of carbonyl (C=O) groups is 1. The number of fused-ring (bicyclic) bond motifs is 1. The summed E-state index contributed by atoms with van der Waals surface area (Å²) >= 11 is 0. The Hall–Kier alpha value is -4.84. The van der Waals surface area contributed by atoms with E-state index in [1.165, 1.54) is 55.4 Å². The van der Waals surface area contributed by atoms with Gasteiger partial charge in [0.25, 0.3) is 12.4 Å². The Balaban J connectivity index is 0.000000841. The molecule has 6 heteroatoms. The molecular weight excluding hydrogens is 713 g/mol. The second-order valence-corrected chi connectivity index (χ2v) is 15.0. The SMILES string of the molecule is C=C(C)c1cc2ccc(Oc3ccc(C(C)(C)C)cc3)cc2cn1.CCC.CCCC.CCCC.CCCc1ccc(-c2ccc(C(C)(F)F)cc2)cc1.O=CO. The third kappa shape index (κ3) is 21.3. The van der Waals surface area contributed by atoms with Crippen LogP contribution in [-0.4, -0.2) is 16.6 Å². The summed E-state index contributed by atoms with van der Waals surface area (Å²) in [6, 6.07) is 31.2. The zero-order valence-electron chi connectivity index (χ0n) is 37.0. The van der Waals surface area contributed by atoms with Crippen LogP contribution >= 0.6 is 0 Å². The van der Waals surface area contributed by atoms with Crippen LogP contribution in [0.25, 0.3) is 27.5 Å². The number of hydrogen-bond acceptors (Lipinski definition) is 3. The lowest BCUT2D eigenvalue weighted by atomic mass is 9.87. The van der Waals surface area contributed by atoms with Crippen LogP contribution in [0.1, 0.15) is 144 Å². The first-order valence-electron chi connectivity index (χ1n) is 20.5. The molecule has 1 N–H and O–H groups in total. The van der Waals surface area contributed by atoms with Crippen molar-refractivity contribution >= 4 is 22.8 Å². The number of halogens is 2. The molecule has 57 heavy (non-hydrogen) atoms. The minimum atomic E-state index is -2.77. The van der Waals surface area contributed by atoms with Crippen molar-refractivity contribution in [3.05, 3.63) is 132 Å². The molecule has 0 fully saturated rings. The van der Waals surface area contributed by atoms with E-state index in [-0.39, 0.29) is 17.5 Å². The molecule has 0 saturated heterocycles. The molecule has 0 atom stereocenters. The van der Waals surface area contributed by atoms with Crippen molar-refractivity contribution in [3.8, 4) is 22.6 Å². The first-order valence-corrected chi connectivity index (χ1v) is 20.5. The van der Waals surface area contributed by atoms with Crippen LogP contribution in [0.5, 0.6) is 11.5 Å². The maximum Gasteiger partial charge on any atom is 0.290 e. The highest BCUT2D eigenvalue weighted by Gasteiger charge is 2.23. The molecule has 0 aliphatic rings. The maximum atomic E-state index is 13.1. The summed E-state index contributed by atoms with van der Waals surface area (Å²) in [6.07, 6.45) is 10.6. The summed E-state index contributed by atoms with van der Waals surface area (Å²) in [4.78, 5) is 12.8. The first kappa shape index (κ1) is 52.2. The molecule has 5 aromatic rings. The molecule has 0 amide bonds. The van der Waals surface area contributed by atoms with Crippen molar-refractivity contribution in [1.82, 2.24) is 4.98 Å². The van der Waals surface area contributed by atoms with E-state index in [9.17, 15) is 8.78 Å². The second kappa shape index (κ2) is 28.5. The number of unbranched alkanes of at least 4 members (excludes halogenated alkanes) is 2. The van der Waals surface area contributed by atoms with Crippen molar-refractivity contribution in [2.45, 2.75) is 139 Å². The van der Waals surface area contributed by atoms with Crippen LogP contribution < -0.4 is 4.74 Å². The largest absolute Gasteiger partial charge is 0.483 e. The molecule has 5 rings (SSSR count). The van der Waals surface area contributed by atoms with Gasteiger partial charge in [-0.05, 0) is 82.3 Å². The third-order valence-corrected chi connectivity index (χ3v) is 8.30. The fourth-order valence-electron chi connectivity index (χ4n) is 4.68. The van der Waals surface area contributed by atoms with Gasteiger partial charge in [0, 0.05) is 24.1 Å². The Bertz CT molecular complexity index is 1790. The van der Waals surface area contributed by atoms with E-state index in [1.807, 2.05) is 49.5 Å². The Morgan fingerprint density at radius 1 is 0.667 bits per heavy atom. The summed E-state index contributed by atoms with van der Waals surface area (Å²) in [5.41, 5.74) is 6.73. The van der Waals surface area contributed by atoms with Crippen LogP contribution in [0.4, 0.5) is 8.78 Å². The van der Waals surface area contributed by atoms with Gasteiger partial charge in [0.15, 0.2) is 0 Å². The number of hydrogen-bond donors (Lipinski definition) is 1. The summed E-state index contributed by atoms with van der Waals surface area (Å²) in [5.74, 6) is -1.12. The van der Waals surface area contributed by atoms with Crippen LogP contribution in [0, 0.1) is 0 Å². The average Bonchev–Trinajstić information content (AvgIpc) is 3.19. The highest BCUT2D eigenvalue weighted by Crippen LogP contribution is 2.31. The van der Waals surface area contributed by atoms with Gasteiger partial charge in [0.1, 0.15) is 11.5 Å². The zero-order valence-corrected chi connectivity index (χ0v) is 37.0. The summed E-state index contributed by atoms with van der Waals surface area (Å²) < 4.78 is 32.2. The van der Waals surface area contributed by atoms with Gasteiger partial charge in [0.2, 0.25) is 0 Å². The lowest BCUT2D eigenvalue weighted by Crippen LogP contribution is -2.10. The van der Waals surface area contributed by atoms with Crippen LogP contribution in [0.2, 0.25) is 0 Å². The Morgan fingerprint density at radius 2 is 1.11 bits per heavy atom. The molecule has 1 aromatic heterocycles. The van der Waals surface area contributed by atoms with Gasteiger partial charge in [0.05, 0.1) is 5.69 Å². The van der Waals surface area contributed by atoms with E-state index in [4.69, 9.17) is 14.6 Å². The Labute approximate surface area is 344 Å². The molecule has 0 unspecified atom stereocenters. The molecule has 0 saturated carbocycles. The van der Waals surface area contributed by atoms with E-state index in [1.54, 1.807) is 12.1 Å². The summed E-state index contributed by atoms with van der Waals surface area (Å²) in [6.45, 7) is 28.3. The first-order chi connectivity index (χ1) is 27.0. The smallest absolute Gasteiger partial charge is 0.290 e. The van der Waals surface area contributed by atoms with Gasteiger partial charge in [-0.3, -0.25) is 9.78 Å². The molecule has 0 radical (unpaired) electrons. The van der Waals surface area contributed by atoms with E-state index < -0.39 is 5.92 Å². The molecule has 4 aromatic carbocycles. The lowest BCUT2D eigenvalue weighted by Gasteiger charge is -2.19. The molecule has 0 bridgehead atoms. The summed E-state index contributed by atoms with van der Waals surface area (Å²) in [7, 11) is 0. The van der Waals surface area contributed by atoms with E-state index in [0.29, 0.717) is 0 Å². The van der Waals surface area contributed by atoms with Crippen molar-refractivity contribution < 1.29 is 23.4 Å². The number of carboxylic acid groups (broad SMARTS) is 1. The predicted octanol–water partition coefficient (Wildman–Crippen LogP) is 16.5. The number of pyridine rings is 1. The van der Waals surface area contributed by atoms with Gasteiger partial charge in [-0.25, -0.2) is 8.78 Å². The average molecular weight is 784 g/mol. The van der Waals surface area contributed by atoms with Gasteiger partial charge in [-0.1, -0.05) is 181 Å². The van der Waals surface area contributed by atoms with Gasteiger partial charge in [-0.15, -0.1) is 0 Å². The molecule has 4 nitrogen and oxygen atoms in total. The number of aromatic nitrogens is 1. The van der Waals surface area contributed by atoms with Crippen molar-refractivity contribution in [2.24, 2.45) is 0 Å². The Morgan fingerprint density at radius 3 is 1.51 bits per heavy atom. The summed E-state index contributed by atoms with van der Waals surface area (Å²) in [5, 5.41) is 9.09. The fourth-order valence-corrected chi connectivity index (χ4v) is 4.68. The number of benzene rings is 4. The standard InChI is InChI=1S/C22H23NO.C17H18F2.2C4H10.C3H8.CH2O2/c1-15(2)21-13-16-6-9-20(12-17(16)14-23-21)24-19-10-7-18(8-11-19)22(3,4)5;1-3-4-13-5-7-14(8-6-13)15-9-11-16(12-10-15)17(2,18)19;2*1-3-4-2;1-3-2;2-1-3/h6-14H,1H2,2-5H3;5-12H,3-4H2,1-2H3;2*3-4H2,1-2H3;3H2,1-2H3;1H,(H,2,3). The van der Waals surface area contributed by atoms with E-state index in [0.717, 1.165) is 64.4 Å².